The maximum absolute atomic E-state index is 13.0. The second kappa shape index (κ2) is 8.81. The number of carbonyl (C=O) groups excluding carboxylic acids is 1. The summed E-state index contributed by atoms with van der Waals surface area (Å²) in [6.07, 6.45) is -0.895. The lowest BCUT2D eigenvalue weighted by molar-refractivity contribution is -0.136. The van der Waals surface area contributed by atoms with Crippen molar-refractivity contribution in [2.75, 3.05) is 33.5 Å². The van der Waals surface area contributed by atoms with Crippen molar-refractivity contribution in [3.8, 4) is 5.75 Å². The summed E-state index contributed by atoms with van der Waals surface area (Å²) in [7, 11) is 1.52. The van der Waals surface area contributed by atoms with E-state index in [0.717, 1.165) is 0 Å². The number of hydrogen-bond acceptors (Lipinski definition) is 5. The Kier molecular flexibility index (Phi) is 6.76. The van der Waals surface area contributed by atoms with Crippen LogP contribution in [0.4, 0.5) is 4.39 Å². The Hall–Kier alpha value is -1.70. The molecule has 2 N–H and O–H groups in total. The van der Waals surface area contributed by atoms with Gasteiger partial charge in [0.2, 0.25) is 5.91 Å². The van der Waals surface area contributed by atoms with Crippen LogP contribution in [0.15, 0.2) is 24.3 Å². The summed E-state index contributed by atoms with van der Waals surface area (Å²) >= 11 is 0. The van der Waals surface area contributed by atoms with Gasteiger partial charge in [-0.2, -0.15) is 0 Å². The summed E-state index contributed by atoms with van der Waals surface area (Å²) in [5.74, 6) is -0.405. The number of benzene rings is 1. The van der Waals surface area contributed by atoms with Gasteiger partial charge in [0, 0.05) is 25.6 Å². The highest BCUT2D eigenvalue weighted by Crippen LogP contribution is 2.17. The number of rotatable bonds is 7. The number of aliphatic hydroxyl groups excluding tert-OH is 1. The largest absolute Gasteiger partial charge is 0.493 e. The van der Waals surface area contributed by atoms with E-state index in [2.05, 4.69) is 5.32 Å². The second-order valence-corrected chi connectivity index (χ2v) is 5.42. The Morgan fingerprint density at radius 3 is 3.04 bits per heavy atom. The molecular formula is C16H22FNO5. The van der Waals surface area contributed by atoms with Crippen molar-refractivity contribution < 1.29 is 28.5 Å². The van der Waals surface area contributed by atoms with Gasteiger partial charge in [0.1, 0.15) is 17.7 Å². The third kappa shape index (κ3) is 5.46. The van der Waals surface area contributed by atoms with Crippen molar-refractivity contribution >= 4 is 5.91 Å². The van der Waals surface area contributed by atoms with Gasteiger partial charge in [-0.25, -0.2) is 4.39 Å². The number of aliphatic hydroxyl groups is 1. The zero-order valence-corrected chi connectivity index (χ0v) is 13.0. The van der Waals surface area contributed by atoms with Gasteiger partial charge in [-0.05, 0) is 12.1 Å². The predicted octanol–water partition coefficient (Wildman–Crippen LogP) is 0.733. The number of halogens is 1. The molecule has 1 aliphatic heterocycles. The van der Waals surface area contributed by atoms with Gasteiger partial charge in [-0.1, -0.05) is 6.07 Å². The van der Waals surface area contributed by atoms with Crippen LogP contribution in [0.3, 0.4) is 0 Å². The smallest absolute Gasteiger partial charge is 0.223 e. The lowest BCUT2D eigenvalue weighted by atomic mass is 9.96. The van der Waals surface area contributed by atoms with Crippen LogP contribution in [-0.4, -0.2) is 56.7 Å². The van der Waals surface area contributed by atoms with Crippen molar-refractivity contribution in [3.05, 3.63) is 30.1 Å². The average molecular weight is 327 g/mol. The van der Waals surface area contributed by atoms with Gasteiger partial charge in [-0.3, -0.25) is 4.79 Å². The van der Waals surface area contributed by atoms with E-state index in [1.165, 1.54) is 19.2 Å². The Labute approximate surface area is 134 Å². The van der Waals surface area contributed by atoms with Crippen molar-refractivity contribution in [1.82, 2.24) is 5.32 Å². The van der Waals surface area contributed by atoms with E-state index < -0.39 is 6.10 Å². The molecule has 1 aliphatic rings. The molecule has 1 saturated heterocycles. The predicted molar refractivity (Wildman–Crippen MR) is 80.6 cm³/mol. The molecule has 7 heteroatoms. The summed E-state index contributed by atoms with van der Waals surface area (Å²) < 4.78 is 28.7. The molecular weight excluding hydrogens is 305 g/mol. The molecule has 23 heavy (non-hydrogen) atoms. The summed E-state index contributed by atoms with van der Waals surface area (Å²) in [6, 6.07) is 5.76. The zero-order valence-electron chi connectivity index (χ0n) is 13.0. The van der Waals surface area contributed by atoms with Crippen molar-refractivity contribution in [3.63, 3.8) is 0 Å². The molecule has 128 valence electrons. The van der Waals surface area contributed by atoms with Crippen molar-refractivity contribution in [1.29, 1.82) is 0 Å². The van der Waals surface area contributed by atoms with Crippen LogP contribution in [0.1, 0.15) is 6.42 Å². The maximum Gasteiger partial charge on any atom is 0.223 e. The molecule has 1 aromatic carbocycles. The van der Waals surface area contributed by atoms with Crippen LogP contribution in [0.2, 0.25) is 0 Å². The average Bonchev–Trinajstić information content (AvgIpc) is 2.54. The van der Waals surface area contributed by atoms with E-state index in [1.54, 1.807) is 12.1 Å². The SMILES string of the molecule is CO[C@@H]1COC[C@@H](CNC(=O)CCOc2cccc(F)c2)[C@@H]1O. The topological polar surface area (TPSA) is 77.0 Å². The summed E-state index contributed by atoms with van der Waals surface area (Å²) in [5, 5.41) is 12.8. The zero-order chi connectivity index (χ0) is 16.7. The van der Waals surface area contributed by atoms with E-state index in [4.69, 9.17) is 14.2 Å². The number of methoxy groups -OCH3 is 1. The van der Waals surface area contributed by atoms with E-state index in [0.29, 0.717) is 25.5 Å². The molecule has 2 rings (SSSR count). The molecule has 0 bridgehead atoms. The summed E-state index contributed by atoms with van der Waals surface area (Å²) in [5.41, 5.74) is 0. The van der Waals surface area contributed by atoms with E-state index >= 15 is 0 Å². The first-order chi connectivity index (χ1) is 11.1. The van der Waals surface area contributed by atoms with Gasteiger partial charge >= 0.3 is 0 Å². The first kappa shape index (κ1) is 17.7. The fourth-order valence-corrected chi connectivity index (χ4v) is 2.38. The van der Waals surface area contributed by atoms with Gasteiger partial charge in [0.15, 0.2) is 0 Å². The number of hydrogen-bond donors (Lipinski definition) is 2. The Morgan fingerprint density at radius 1 is 1.48 bits per heavy atom. The monoisotopic (exact) mass is 327 g/mol. The van der Waals surface area contributed by atoms with Crippen molar-refractivity contribution in [2.24, 2.45) is 5.92 Å². The number of carbonyl (C=O) groups is 1. The molecule has 0 unspecified atom stereocenters. The van der Waals surface area contributed by atoms with Gasteiger partial charge in [0.05, 0.1) is 32.3 Å². The summed E-state index contributed by atoms with van der Waals surface area (Å²) in [4.78, 5) is 11.8. The molecule has 0 aliphatic carbocycles. The molecule has 6 nitrogen and oxygen atoms in total. The number of amides is 1. The molecule has 3 atom stereocenters. The van der Waals surface area contributed by atoms with Crippen LogP contribution in [0, 0.1) is 11.7 Å². The molecule has 1 heterocycles. The lowest BCUT2D eigenvalue weighted by Gasteiger charge is -2.33. The normalized spacial score (nSPS) is 24.2. The third-order valence-electron chi connectivity index (χ3n) is 3.74. The Bertz CT molecular complexity index is 513. The van der Waals surface area contributed by atoms with Crippen LogP contribution in [-0.2, 0) is 14.3 Å². The molecule has 0 aromatic heterocycles. The standard InChI is InChI=1S/C16H22FNO5/c1-21-14-10-22-9-11(16(14)20)8-18-15(19)5-6-23-13-4-2-3-12(17)7-13/h2-4,7,11,14,16,20H,5-6,8-10H2,1H3,(H,18,19)/t11-,14-,16+/m1/s1. The highest BCUT2D eigenvalue weighted by atomic mass is 19.1. The lowest BCUT2D eigenvalue weighted by Crippen LogP contribution is -2.49. The second-order valence-electron chi connectivity index (χ2n) is 5.42. The fraction of sp³-hybridized carbons (Fsp3) is 0.562. The van der Waals surface area contributed by atoms with Crippen LogP contribution >= 0.6 is 0 Å². The van der Waals surface area contributed by atoms with Crippen LogP contribution in [0.25, 0.3) is 0 Å². The molecule has 0 saturated carbocycles. The third-order valence-corrected chi connectivity index (χ3v) is 3.74. The van der Waals surface area contributed by atoms with Gasteiger partial charge < -0.3 is 24.6 Å². The molecule has 1 aromatic rings. The maximum atomic E-state index is 13.0. The Balaban J connectivity index is 1.67. The molecule has 0 spiro atoms. The van der Waals surface area contributed by atoms with Crippen LogP contribution < -0.4 is 10.1 Å². The number of nitrogens with one attached hydrogen (secondary N) is 1. The molecule has 1 fully saturated rings. The first-order valence-electron chi connectivity index (χ1n) is 7.54. The quantitative estimate of drug-likeness (QED) is 0.772. The van der Waals surface area contributed by atoms with Gasteiger partial charge in [0.25, 0.3) is 0 Å². The number of ether oxygens (including phenoxy) is 3. The fourth-order valence-electron chi connectivity index (χ4n) is 2.38. The van der Waals surface area contributed by atoms with Crippen molar-refractivity contribution in [2.45, 2.75) is 18.6 Å². The molecule has 0 radical (unpaired) electrons. The van der Waals surface area contributed by atoms with Crippen LogP contribution in [0.5, 0.6) is 5.75 Å². The summed E-state index contributed by atoms with van der Waals surface area (Å²) in [6.45, 7) is 1.18. The molecule has 1 amide bonds. The first-order valence-corrected chi connectivity index (χ1v) is 7.54. The van der Waals surface area contributed by atoms with Gasteiger partial charge in [-0.15, -0.1) is 0 Å². The highest BCUT2D eigenvalue weighted by molar-refractivity contribution is 5.76. The Morgan fingerprint density at radius 2 is 2.30 bits per heavy atom. The van der Waals surface area contributed by atoms with E-state index in [-0.39, 0.29) is 36.8 Å². The minimum absolute atomic E-state index is 0.147. The highest BCUT2D eigenvalue weighted by Gasteiger charge is 2.32. The minimum atomic E-state index is -0.669. The van der Waals surface area contributed by atoms with E-state index in [1.807, 2.05) is 0 Å². The van der Waals surface area contributed by atoms with E-state index in [9.17, 15) is 14.3 Å². The minimum Gasteiger partial charge on any atom is -0.493 e.